The second-order valence-corrected chi connectivity index (χ2v) is 5.37. The van der Waals surface area contributed by atoms with Crippen LogP contribution in [0.5, 0.6) is 0 Å². The van der Waals surface area contributed by atoms with Crippen molar-refractivity contribution in [3.63, 3.8) is 0 Å². The normalized spacial score (nSPS) is 18.8. The van der Waals surface area contributed by atoms with Crippen LogP contribution in [0.2, 0.25) is 0 Å². The molecule has 0 aromatic carbocycles. The third-order valence-electron chi connectivity index (χ3n) is 3.21. The van der Waals surface area contributed by atoms with E-state index in [9.17, 15) is 4.39 Å². The predicted octanol–water partition coefficient (Wildman–Crippen LogP) is 4.52. The van der Waals surface area contributed by atoms with Gasteiger partial charge in [0.25, 0.3) is 0 Å². The minimum Gasteiger partial charge on any atom is -0.384 e. The van der Waals surface area contributed by atoms with Crippen LogP contribution < -0.4 is 0 Å². The van der Waals surface area contributed by atoms with Crippen molar-refractivity contribution < 1.29 is 9.13 Å². The number of alkyl halides is 1. The van der Waals surface area contributed by atoms with E-state index in [1.807, 2.05) is 13.0 Å². The largest absolute Gasteiger partial charge is 0.384 e. The molecule has 1 nitrogen and oxygen atoms in total. The number of rotatable bonds is 9. The van der Waals surface area contributed by atoms with E-state index in [4.69, 9.17) is 4.74 Å². The van der Waals surface area contributed by atoms with Gasteiger partial charge >= 0.3 is 0 Å². The molecule has 0 aliphatic rings. The highest BCUT2D eigenvalue weighted by Crippen LogP contribution is 2.37. The number of unbranched alkanes of at least 4 members (excludes halogenated alkanes) is 1. The maximum atomic E-state index is 14.1. The average Bonchev–Trinajstić information content (AvgIpc) is 2.17. The van der Waals surface area contributed by atoms with E-state index in [0.29, 0.717) is 19.4 Å². The van der Waals surface area contributed by atoms with Gasteiger partial charge < -0.3 is 4.74 Å². The first-order valence-electron chi connectivity index (χ1n) is 6.18. The smallest absolute Gasteiger partial charge is 0.108 e. The van der Waals surface area contributed by atoms with Crippen LogP contribution in [0.1, 0.15) is 52.9 Å². The van der Waals surface area contributed by atoms with Crippen LogP contribution in [0.15, 0.2) is 12.7 Å². The minimum absolute atomic E-state index is 0.0583. The molecule has 0 aromatic rings. The zero-order chi connectivity index (χ0) is 12.7. The molecule has 0 saturated carbocycles. The highest BCUT2D eigenvalue weighted by atomic mass is 19.1. The van der Waals surface area contributed by atoms with Gasteiger partial charge in [-0.1, -0.05) is 19.9 Å². The van der Waals surface area contributed by atoms with Gasteiger partial charge in [0.1, 0.15) is 5.67 Å². The van der Waals surface area contributed by atoms with Gasteiger partial charge in [-0.15, -0.1) is 6.58 Å². The molecule has 0 N–H and O–H groups in total. The molecule has 0 heterocycles. The summed E-state index contributed by atoms with van der Waals surface area (Å²) in [5.74, 6) is 0. The highest BCUT2D eigenvalue weighted by molar-refractivity contribution is 4.85. The van der Waals surface area contributed by atoms with E-state index in [2.05, 4.69) is 13.5 Å². The second kappa shape index (κ2) is 7.05. The van der Waals surface area contributed by atoms with Gasteiger partial charge in [-0.25, -0.2) is 4.39 Å². The number of methoxy groups -OCH3 is 1. The molecule has 16 heavy (non-hydrogen) atoms. The topological polar surface area (TPSA) is 9.23 Å². The minimum atomic E-state index is -1.08. The Morgan fingerprint density at radius 3 is 2.44 bits per heavy atom. The Bertz CT molecular complexity index is 201. The summed E-state index contributed by atoms with van der Waals surface area (Å²) in [5.41, 5.74) is -1.14. The molecular weight excluding hydrogens is 203 g/mol. The third-order valence-corrected chi connectivity index (χ3v) is 3.21. The molecule has 0 fully saturated rings. The maximum Gasteiger partial charge on any atom is 0.108 e. The zero-order valence-electron chi connectivity index (χ0n) is 11.3. The van der Waals surface area contributed by atoms with Gasteiger partial charge in [-0.3, -0.25) is 0 Å². The summed E-state index contributed by atoms with van der Waals surface area (Å²) in [6.45, 7) is 10.0. The SMILES string of the molecule is C=CCCC[C@@](C)(COC)C[C@](C)(F)CC. The molecule has 0 bridgehead atoms. The Balaban J connectivity index is 4.36. The lowest BCUT2D eigenvalue weighted by atomic mass is 9.76. The molecule has 0 aromatic heterocycles. The molecule has 96 valence electrons. The predicted molar refractivity (Wildman–Crippen MR) is 68.5 cm³/mol. The second-order valence-electron chi connectivity index (χ2n) is 5.37. The van der Waals surface area contributed by atoms with Crippen molar-refractivity contribution in [1.82, 2.24) is 0 Å². The Labute approximate surface area is 100 Å². The van der Waals surface area contributed by atoms with Gasteiger partial charge in [0.15, 0.2) is 0 Å². The lowest BCUT2D eigenvalue weighted by Gasteiger charge is -2.34. The van der Waals surface area contributed by atoms with Crippen molar-refractivity contribution >= 4 is 0 Å². The number of ether oxygens (including phenoxy) is 1. The first-order chi connectivity index (χ1) is 7.39. The van der Waals surface area contributed by atoms with Crippen LogP contribution in [-0.4, -0.2) is 19.4 Å². The molecule has 2 atom stereocenters. The summed E-state index contributed by atoms with van der Waals surface area (Å²) < 4.78 is 19.3. The molecule has 0 amide bonds. The van der Waals surface area contributed by atoms with Crippen LogP contribution in [0.3, 0.4) is 0 Å². The third kappa shape index (κ3) is 6.26. The summed E-state index contributed by atoms with van der Waals surface area (Å²) in [7, 11) is 1.69. The lowest BCUT2D eigenvalue weighted by molar-refractivity contribution is 0.0243. The van der Waals surface area contributed by atoms with Crippen LogP contribution >= 0.6 is 0 Å². The van der Waals surface area contributed by atoms with Crippen molar-refractivity contribution in [2.75, 3.05) is 13.7 Å². The Morgan fingerprint density at radius 2 is 2.00 bits per heavy atom. The molecule has 0 aliphatic heterocycles. The Morgan fingerprint density at radius 1 is 1.38 bits per heavy atom. The number of allylic oxidation sites excluding steroid dienone is 1. The van der Waals surface area contributed by atoms with E-state index in [1.165, 1.54) is 0 Å². The molecule has 0 unspecified atom stereocenters. The van der Waals surface area contributed by atoms with Crippen LogP contribution in [0, 0.1) is 5.41 Å². The summed E-state index contributed by atoms with van der Waals surface area (Å²) >= 11 is 0. The van der Waals surface area contributed by atoms with Crippen molar-refractivity contribution in [2.45, 2.75) is 58.5 Å². The highest BCUT2D eigenvalue weighted by Gasteiger charge is 2.33. The Hall–Kier alpha value is -0.370. The van der Waals surface area contributed by atoms with Crippen LogP contribution in [-0.2, 0) is 4.74 Å². The van der Waals surface area contributed by atoms with Crippen LogP contribution in [0.4, 0.5) is 4.39 Å². The monoisotopic (exact) mass is 230 g/mol. The van der Waals surface area contributed by atoms with Gasteiger partial charge in [-0.05, 0) is 44.4 Å². The lowest BCUT2D eigenvalue weighted by Crippen LogP contribution is -2.32. The number of hydrogen-bond donors (Lipinski definition) is 0. The van der Waals surface area contributed by atoms with E-state index in [0.717, 1.165) is 19.3 Å². The quantitative estimate of drug-likeness (QED) is 0.418. The van der Waals surface area contributed by atoms with Gasteiger partial charge in [-0.2, -0.15) is 0 Å². The number of hydrogen-bond acceptors (Lipinski definition) is 1. The van der Waals surface area contributed by atoms with Gasteiger partial charge in [0.05, 0.1) is 6.61 Å². The van der Waals surface area contributed by atoms with Crippen molar-refractivity contribution in [3.8, 4) is 0 Å². The molecule has 0 saturated heterocycles. The van der Waals surface area contributed by atoms with E-state index in [-0.39, 0.29) is 5.41 Å². The Kier molecular flexibility index (Phi) is 6.89. The molecule has 0 rings (SSSR count). The summed E-state index contributed by atoms with van der Waals surface area (Å²) in [4.78, 5) is 0. The van der Waals surface area contributed by atoms with Crippen molar-refractivity contribution in [1.29, 1.82) is 0 Å². The first-order valence-corrected chi connectivity index (χ1v) is 6.18. The molecule has 2 heteroatoms. The average molecular weight is 230 g/mol. The van der Waals surface area contributed by atoms with Crippen LogP contribution in [0.25, 0.3) is 0 Å². The fourth-order valence-electron chi connectivity index (χ4n) is 2.25. The van der Waals surface area contributed by atoms with Gasteiger partial charge in [0, 0.05) is 7.11 Å². The fraction of sp³-hybridized carbons (Fsp3) is 0.857. The number of halogens is 1. The molecule has 0 aliphatic carbocycles. The zero-order valence-corrected chi connectivity index (χ0v) is 11.3. The van der Waals surface area contributed by atoms with E-state index in [1.54, 1.807) is 14.0 Å². The summed E-state index contributed by atoms with van der Waals surface area (Å²) in [5, 5.41) is 0. The summed E-state index contributed by atoms with van der Waals surface area (Å²) in [6.07, 6.45) is 6.10. The van der Waals surface area contributed by atoms with Gasteiger partial charge in [0.2, 0.25) is 0 Å². The molecule has 0 spiro atoms. The molecule has 0 radical (unpaired) electrons. The van der Waals surface area contributed by atoms with E-state index >= 15 is 0 Å². The standard InChI is InChI=1S/C14H27FO/c1-6-8-9-10-13(3,12-16-5)11-14(4,15)7-2/h6H,1,7-12H2,2-5H3/t13-,14-/m1/s1. The summed E-state index contributed by atoms with van der Waals surface area (Å²) in [6, 6.07) is 0. The first kappa shape index (κ1) is 15.6. The van der Waals surface area contributed by atoms with Crippen molar-refractivity contribution in [2.24, 2.45) is 5.41 Å². The molecular formula is C14H27FO. The maximum absolute atomic E-state index is 14.1. The fourth-order valence-corrected chi connectivity index (χ4v) is 2.25. The van der Waals surface area contributed by atoms with Crippen molar-refractivity contribution in [3.05, 3.63) is 12.7 Å². The van der Waals surface area contributed by atoms with E-state index < -0.39 is 5.67 Å².